The summed E-state index contributed by atoms with van der Waals surface area (Å²) in [7, 11) is 0. The van der Waals surface area contributed by atoms with Crippen LogP contribution in [0, 0.1) is 5.41 Å². The van der Waals surface area contributed by atoms with Gasteiger partial charge in [0.15, 0.2) is 0 Å². The molecule has 0 unspecified atom stereocenters. The summed E-state index contributed by atoms with van der Waals surface area (Å²) in [6.07, 6.45) is 0. The van der Waals surface area contributed by atoms with Crippen molar-refractivity contribution >= 4 is 33.8 Å². The van der Waals surface area contributed by atoms with Crippen LogP contribution in [0.4, 0.5) is 0 Å². The lowest BCUT2D eigenvalue weighted by molar-refractivity contribution is 0.159. The van der Waals surface area contributed by atoms with E-state index in [1.54, 1.807) is 0 Å². The monoisotopic (exact) mass is 351 g/mol. The van der Waals surface area contributed by atoms with Gasteiger partial charge in [0.2, 0.25) is 0 Å². The van der Waals surface area contributed by atoms with Gasteiger partial charge in [0.05, 0.1) is 18.3 Å². The molecule has 20 heavy (non-hydrogen) atoms. The molecule has 4 heteroatoms. The molecule has 0 heterocycles. The van der Waals surface area contributed by atoms with E-state index in [0.29, 0.717) is 18.3 Å². The molecule has 0 aliphatic heterocycles. The van der Waals surface area contributed by atoms with E-state index in [4.69, 9.17) is 10.1 Å². The van der Waals surface area contributed by atoms with Crippen molar-refractivity contribution in [2.45, 2.75) is 12.4 Å². The largest absolute Gasteiger partial charge is 0.370 e. The molecular weight excluding hydrogens is 334 g/mol. The Balaban J connectivity index is 0.00000200. The van der Waals surface area contributed by atoms with Gasteiger partial charge in [-0.15, -0.1) is 28.7 Å². The third-order valence-electron chi connectivity index (χ3n) is 2.60. The minimum absolute atomic E-state index is 0. The van der Waals surface area contributed by atoms with Gasteiger partial charge in [-0.3, -0.25) is 5.41 Å². The van der Waals surface area contributed by atoms with Crippen molar-refractivity contribution in [3.05, 3.63) is 71.8 Å². The first-order valence-electron chi connectivity index (χ1n) is 6.20. The Morgan fingerprint density at radius 1 is 0.900 bits per heavy atom. The quantitative estimate of drug-likeness (QED) is 0.604. The summed E-state index contributed by atoms with van der Waals surface area (Å²) >= 11 is 1.52. The summed E-state index contributed by atoms with van der Waals surface area (Å²) in [6, 6.07) is 20.2. The van der Waals surface area contributed by atoms with E-state index < -0.39 is 0 Å². The molecule has 2 rings (SSSR count). The van der Waals surface area contributed by atoms with Gasteiger partial charge in [-0.2, -0.15) is 0 Å². The van der Waals surface area contributed by atoms with Gasteiger partial charge in [0, 0.05) is 5.75 Å². The van der Waals surface area contributed by atoms with Gasteiger partial charge < -0.3 is 4.74 Å². The van der Waals surface area contributed by atoms with E-state index in [2.05, 4.69) is 12.1 Å². The summed E-state index contributed by atoms with van der Waals surface area (Å²) in [5.74, 6) is 0.828. The smallest absolute Gasteiger partial charge is 0.0946 e. The molecule has 106 valence electrons. The Hall–Kier alpha value is -1.10. The highest BCUT2D eigenvalue weighted by Crippen LogP contribution is 2.13. The Bertz CT molecular complexity index is 504. The van der Waals surface area contributed by atoms with Gasteiger partial charge >= 0.3 is 0 Å². The molecule has 0 aliphatic rings. The highest BCUT2D eigenvalue weighted by atomic mass is 79.9. The second kappa shape index (κ2) is 9.75. The van der Waals surface area contributed by atoms with Crippen LogP contribution in [0.1, 0.15) is 11.1 Å². The lowest BCUT2D eigenvalue weighted by Crippen LogP contribution is -2.04. The maximum atomic E-state index is 7.84. The van der Waals surface area contributed by atoms with Crippen LogP contribution in [-0.4, -0.2) is 11.7 Å². The third-order valence-corrected chi connectivity index (χ3v) is 3.54. The zero-order valence-corrected chi connectivity index (χ0v) is 13.6. The normalized spacial score (nSPS) is 9.80. The van der Waals surface area contributed by atoms with E-state index in [9.17, 15) is 0 Å². The van der Waals surface area contributed by atoms with E-state index in [1.807, 2.05) is 48.5 Å². The first-order valence-corrected chi connectivity index (χ1v) is 7.19. The fourth-order valence-corrected chi connectivity index (χ4v) is 2.32. The van der Waals surface area contributed by atoms with Crippen molar-refractivity contribution in [1.82, 2.24) is 0 Å². The molecular formula is C16H18BrNOS. The number of halogens is 1. The summed E-state index contributed by atoms with van der Waals surface area (Å²) in [4.78, 5) is 0. The second-order valence-corrected chi connectivity index (χ2v) is 5.25. The van der Waals surface area contributed by atoms with Crippen molar-refractivity contribution in [3.63, 3.8) is 0 Å². The Morgan fingerprint density at radius 3 is 2.05 bits per heavy atom. The van der Waals surface area contributed by atoms with Crippen LogP contribution in [-0.2, 0) is 17.1 Å². The summed E-state index contributed by atoms with van der Waals surface area (Å²) < 4.78 is 5.52. The SMILES string of the molecule is Br.N=C(COCc1ccccc1)SCc1ccccc1. The molecule has 0 bridgehead atoms. The average molecular weight is 352 g/mol. The first kappa shape index (κ1) is 17.0. The highest BCUT2D eigenvalue weighted by Gasteiger charge is 2.00. The number of hydrogen-bond acceptors (Lipinski definition) is 3. The molecule has 0 fully saturated rings. The van der Waals surface area contributed by atoms with Crippen molar-refractivity contribution in [2.75, 3.05) is 6.61 Å². The molecule has 0 saturated heterocycles. The molecule has 2 aromatic carbocycles. The summed E-state index contributed by atoms with van der Waals surface area (Å²) in [5.41, 5.74) is 2.38. The molecule has 0 spiro atoms. The van der Waals surface area contributed by atoms with Crippen LogP contribution in [0.2, 0.25) is 0 Å². The van der Waals surface area contributed by atoms with Crippen LogP contribution in [0.3, 0.4) is 0 Å². The average Bonchev–Trinajstić information content (AvgIpc) is 2.47. The van der Waals surface area contributed by atoms with E-state index in [0.717, 1.165) is 11.3 Å². The number of nitrogens with one attached hydrogen (secondary N) is 1. The number of rotatable bonds is 6. The van der Waals surface area contributed by atoms with Crippen molar-refractivity contribution < 1.29 is 4.74 Å². The Morgan fingerprint density at radius 2 is 1.45 bits per heavy atom. The minimum Gasteiger partial charge on any atom is -0.370 e. The fourth-order valence-electron chi connectivity index (χ4n) is 1.62. The van der Waals surface area contributed by atoms with Gasteiger partial charge in [-0.05, 0) is 11.1 Å². The van der Waals surface area contributed by atoms with Gasteiger partial charge in [0.25, 0.3) is 0 Å². The number of thioether (sulfide) groups is 1. The maximum Gasteiger partial charge on any atom is 0.0946 e. The second-order valence-electron chi connectivity index (χ2n) is 4.18. The Labute approximate surface area is 134 Å². The van der Waals surface area contributed by atoms with Gasteiger partial charge in [-0.25, -0.2) is 0 Å². The standard InChI is InChI=1S/C16H17NOS.BrH/c17-16(19-13-15-9-5-2-6-10-15)12-18-11-14-7-3-1-4-8-14;/h1-10,17H,11-13H2;1H. The third kappa shape index (κ3) is 6.37. The van der Waals surface area contributed by atoms with E-state index in [1.165, 1.54) is 17.3 Å². The maximum absolute atomic E-state index is 7.84. The zero-order chi connectivity index (χ0) is 13.3. The van der Waals surface area contributed by atoms with Crippen LogP contribution in [0.25, 0.3) is 0 Å². The summed E-state index contributed by atoms with van der Waals surface area (Å²) in [5, 5.41) is 8.41. The topological polar surface area (TPSA) is 33.1 Å². The predicted octanol–water partition coefficient (Wildman–Crippen LogP) is 4.69. The number of hydrogen-bond donors (Lipinski definition) is 1. The minimum atomic E-state index is 0. The molecule has 2 aromatic rings. The van der Waals surface area contributed by atoms with Crippen molar-refractivity contribution in [3.8, 4) is 0 Å². The van der Waals surface area contributed by atoms with E-state index >= 15 is 0 Å². The van der Waals surface area contributed by atoms with Crippen molar-refractivity contribution in [1.29, 1.82) is 5.41 Å². The molecule has 0 aromatic heterocycles. The van der Waals surface area contributed by atoms with Gasteiger partial charge in [0.1, 0.15) is 0 Å². The van der Waals surface area contributed by atoms with Crippen LogP contribution < -0.4 is 0 Å². The van der Waals surface area contributed by atoms with Gasteiger partial charge in [-0.1, -0.05) is 60.7 Å². The molecule has 1 N–H and O–H groups in total. The molecule has 0 saturated carbocycles. The number of ether oxygens (including phenoxy) is 1. The van der Waals surface area contributed by atoms with Crippen molar-refractivity contribution in [2.24, 2.45) is 0 Å². The fraction of sp³-hybridized carbons (Fsp3) is 0.188. The lowest BCUT2D eigenvalue weighted by Gasteiger charge is -2.06. The molecule has 2 nitrogen and oxygen atoms in total. The van der Waals surface area contributed by atoms with E-state index in [-0.39, 0.29) is 17.0 Å². The zero-order valence-electron chi connectivity index (χ0n) is 11.1. The highest BCUT2D eigenvalue weighted by molar-refractivity contribution is 8.93. The predicted molar refractivity (Wildman–Crippen MR) is 91.9 cm³/mol. The number of benzene rings is 2. The first-order chi connectivity index (χ1) is 9.34. The molecule has 0 atom stereocenters. The molecule has 0 radical (unpaired) electrons. The molecule has 0 amide bonds. The molecule has 0 aliphatic carbocycles. The van der Waals surface area contributed by atoms with Crippen LogP contribution in [0.15, 0.2) is 60.7 Å². The van der Waals surface area contributed by atoms with Crippen LogP contribution in [0.5, 0.6) is 0 Å². The Kier molecular flexibility index (Phi) is 8.26. The summed E-state index contributed by atoms with van der Waals surface area (Å²) in [6.45, 7) is 0.946. The van der Waals surface area contributed by atoms with Crippen LogP contribution >= 0.6 is 28.7 Å². The lowest BCUT2D eigenvalue weighted by atomic mass is 10.2.